The first-order valence-corrected chi connectivity index (χ1v) is 8.57. The predicted octanol–water partition coefficient (Wildman–Crippen LogP) is 4.60. The molecule has 126 valence electrons. The quantitative estimate of drug-likeness (QED) is 0.623. The van der Waals surface area contributed by atoms with E-state index in [-0.39, 0.29) is 0 Å². The van der Waals surface area contributed by atoms with E-state index in [0.717, 1.165) is 15.3 Å². The first-order valence-electron chi connectivity index (χ1n) is 7.37. The normalized spacial score (nSPS) is 12.2. The summed E-state index contributed by atoms with van der Waals surface area (Å²) in [5.41, 5.74) is 1.47. The number of hydrogen-bond donors (Lipinski definition) is 1. The number of carbonyl (C=O) groups is 2. The van der Waals surface area contributed by atoms with Crippen LogP contribution in [0.2, 0.25) is 5.02 Å². The van der Waals surface area contributed by atoms with Crippen LogP contribution in [0.3, 0.4) is 0 Å². The summed E-state index contributed by atoms with van der Waals surface area (Å²) in [6.45, 7) is 5.37. The first-order chi connectivity index (χ1) is 11.3. The summed E-state index contributed by atoms with van der Waals surface area (Å²) < 4.78 is 5.12. The van der Waals surface area contributed by atoms with Crippen LogP contribution in [0.15, 0.2) is 36.4 Å². The monoisotopic (exact) mass is 363 g/mol. The van der Waals surface area contributed by atoms with Crippen LogP contribution < -0.4 is 5.32 Å². The Hall–Kier alpha value is -2.11. The third kappa shape index (κ3) is 5.22. The molecule has 0 saturated heterocycles. The lowest BCUT2D eigenvalue weighted by Crippen LogP contribution is -2.29. The Bertz CT molecular complexity index is 782. The standard InChI is InChI=1S/C18H18ClNO3S/c1-11-4-6-14(19)10-16(11)20-18(22)13(3)23-17(21)9-8-15-7-5-12(2)24-15/h4-10,13H,1-3H3,(H,20,22)/b9-8+. The Morgan fingerprint density at radius 1 is 1.25 bits per heavy atom. The van der Waals surface area contributed by atoms with Gasteiger partial charge in [0.25, 0.3) is 5.91 Å². The molecule has 0 fully saturated rings. The van der Waals surface area contributed by atoms with Crippen LogP contribution in [0.1, 0.15) is 22.2 Å². The second kappa shape index (κ2) is 8.13. The van der Waals surface area contributed by atoms with Crippen molar-refractivity contribution in [3.05, 3.63) is 56.7 Å². The molecule has 4 nitrogen and oxygen atoms in total. The molecule has 1 N–H and O–H groups in total. The van der Waals surface area contributed by atoms with Crippen LogP contribution in [0.4, 0.5) is 5.69 Å². The van der Waals surface area contributed by atoms with Crippen molar-refractivity contribution in [2.75, 3.05) is 5.32 Å². The fourth-order valence-electron chi connectivity index (χ4n) is 1.92. The topological polar surface area (TPSA) is 55.4 Å². The lowest BCUT2D eigenvalue weighted by atomic mass is 10.2. The van der Waals surface area contributed by atoms with Gasteiger partial charge in [-0.2, -0.15) is 0 Å². The van der Waals surface area contributed by atoms with E-state index in [1.165, 1.54) is 13.0 Å². The molecule has 2 rings (SSSR count). The van der Waals surface area contributed by atoms with Gasteiger partial charge < -0.3 is 10.1 Å². The van der Waals surface area contributed by atoms with Gasteiger partial charge in [0, 0.05) is 26.5 Å². The van der Waals surface area contributed by atoms with Crippen molar-refractivity contribution in [3.8, 4) is 0 Å². The molecule has 0 aliphatic carbocycles. The first kappa shape index (κ1) is 18.2. The largest absolute Gasteiger partial charge is 0.449 e. The second-order valence-corrected chi connectivity index (χ2v) is 7.07. The number of ether oxygens (including phenoxy) is 1. The minimum atomic E-state index is -0.911. The van der Waals surface area contributed by atoms with Crippen LogP contribution in [0.25, 0.3) is 6.08 Å². The lowest BCUT2D eigenvalue weighted by molar-refractivity contribution is -0.148. The Morgan fingerprint density at radius 3 is 2.67 bits per heavy atom. The van der Waals surface area contributed by atoms with Crippen LogP contribution >= 0.6 is 22.9 Å². The van der Waals surface area contributed by atoms with E-state index in [4.69, 9.17) is 16.3 Å². The molecule has 1 amide bonds. The molecule has 1 unspecified atom stereocenters. The number of nitrogens with one attached hydrogen (secondary N) is 1. The summed E-state index contributed by atoms with van der Waals surface area (Å²) >= 11 is 7.49. The van der Waals surface area contributed by atoms with Gasteiger partial charge in [-0.1, -0.05) is 17.7 Å². The molecule has 1 aromatic heterocycles. The van der Waals surface area contributed by atoms with E-state index in [9.17, 15) is 9.59 Å². The van der Waals surface area contributed by atoms with E-state index in [0.29, 0.717) is 10.7 Å². The highest BCUT2D eigenvalue weighted by Gasteiger charge is 2.17. The SMILES string of the molecule is Cc1ccc(/C=C/C(=O)OC(C)C(=O)Nc2cc(Cl)ccc2C)s1. The maximum atomic E-state index is 12.1. The van der Waals surface area contributed by atoms with Crippen molar-refractivity contribution in [3.63, 3.8) is 0 Å². The highest BCUT2D eigenvalue weighted by atomic mass is 35.5. The van der Waals surface area contributed by atoms with Gasteiger partial charge in [0.05, 0.1) is 0 Å². The summed E-state index contributed by atoms with van der Waals surface area (Å²) in [5.74, 6) is -0.972. The summed E-state index contributed by atoms with van der Waals surface area (Å²) in [4.78, 5) is 26.1. The van der Waals surface area contributed by atoms with Gasteiger partial charge in [0.15, 0.2) is 6.10 Å². The lowest BCUT2D eigenvalue weighted by Gasteiger charge is -2.14. The van der Waals surface area contributed by atoms with Gasteiger partial charge in [0.1, 0.15) is 0 Å². The molecule has 24 heavy (non-hydrogen) atoms. The Balaban J connectivity index is 1.92. The van der Waals surface area contributed by atoms with E-state index in [1.54, 1.807) is 35.6 Å². The number of esters is 1. The average molecular weight is 364 g/mol. The molecule has 0 saturated carbocycles. The fourth-order valence-corrected chi connectivity index (χ4v) is 2.88. The number of amides is 1. The van der Waals surface area contributed by atoms with Gasteiger partial charge in [0.2, 0.25) is 0 Å². The van der Waals surface area contributed by atoms with Crippen molar-refractivity contribution in [1.29, 1.82) is 0 Å². The number of rotatable bonds is 5. The molecule has 2 aromatic rings. The molecular formula is C18H18ClNO3S. The van der Waals surface area contributed by atoms with Crippen molar-refractivity contribution in [2.24, 2.45) is 0 Å². The number of benzene rings is 1. The van der Waals surface area contributed by atoms with Crippen molar-refractivity contribution in [1.82, 2.24) is 0 Å². The molecule has 0 spiro atoms. The third-order valence-electron chi connectivity index (χ3n) is 3.26. The minimum absolute atomic E-state index is 0.408. The van der Waals surface area contributed by atoms with E-state index in [2.05, 4.69) is 5.32 Å². The zero-order valence-corrected chi connectivity index (χ0v) is 15.2. The minimum Gasteiger partial charge on any atom is -0.449 e. The Kier molecular flexibility index (Phi) is 6.17. The summed E-state index contributed by atoms with van der Waals surface area (Å²) in [7, 11) is 0. The molecule has 0 aliphatic heterocycles. The number of thiophene rings is 1. The fraction of sp³-hybridized carbons (Fsp3) is 0.222. The zero-order valence-electron chi connectivity index (χ0n) is 13.6. The molecule has 1 atom stereocenters. The molecule has 1 heterocycles. The Morgan fingerprint density at radius 2 is 2.00 bits per heavy atom. The number of halogens is 1. The number of hydrogen-bond acceptors (Lipinski definition) is 4. The average Bonchev–Trinajstić information content (AvgIpc) is 2.94. The highest BCUT2D eigenvalue weighted by Crippen LogP contribution is 2.20. The van der Waals surface area contributed by atoms with Gasteiger partial charge in [-0.15, -0.1) is 11.3 Å². The molecule has 0 aliphatic rings. The highest BCUT2D eigenvalue weighted by molar-refractivity contribution is 7.12. The molecular weight excluding hydrogens is 346 g/mol. The van der Waals surface area contributed by atoms with Gasteiger partial charge in [-0.25, -0.2) is 4.79 Å². The zero-order chi connectivity index (χ0) is 17.7. The molecule has 0 radical (unpaired) electrons. The number of anilines is 1. The predicted molar refractivity (Wildman–Crippen MR) is 98.5 cm³/mol. The van der Waals surface area contributed by atoms with E-state index >= 15 is 0 Å². The molecule has 1 aromatic carbocycles. The number of aryl methyl sites for hydroxylation is 2. The molecule has 6 heteroatoms. The summed E-state index contributed by atoms with van der Waals surface area (Å²) in [5, 5.41) is 3.23. The van der Waals surface area contributed by atoms with Crippen molar-refractivity contribution in [2.45, 2.75) is 26.9 Å². The van der Waals surface area contributed by atoms with Crippen LogP contribution in [0.5, 0.6) is 0 Å². The number of carbonyl (C=O) groups excluding carboxylic acids is 2. The summed E-state index contributed by atoms with van der Waals surface area (Å²) in [6, 6.07) is 9.09. The maximum Gasteiger partial charge on any atom is 0.331 e. The Labute approximate surface area is 150 Å². The van der Waals surface area contributed by atoms with Gasteiger partial charge >= 0.3 is 5.97 Å². The van der Waals surface area contributed by atoms with Gasteiger partial charge in [-0.05, 0) is 56.7 Å². The van der Waals surface area contributed by atoms with Crippen molar-refractivity contribution >= 4 is 46.6 Å². The van der Waals surface area contributed by atoms with Crippen LogP contribution in [0, 0.1) is 13.8 Å². The molecule has 0 bridgehead atoms. The van der Waals surface area contributed by atoms with Crippen molar-refractivity contribution < 1.29 is 14.3 Å². The van der Waals surface area contributed by atoms with Gasteiger partial charge in [-0.3, -0.25) is 4.79 Å². The second-order valence-electron chi connectivity index (χ2n) is 5.31. The van der Waals surface area contributed by atoms with Crippen LogP contribution in [-0.4, -0.2) is 18.0 Å². The van der Waals surface area contributed by atoms with E-state index in [1.807, 2.05) is 26.0 Å². The third-order valence-corrected chi connectivity index (χ3v) is 4.47. The van der Waals surface area contributed by atoms with E-state index < -0.39 is 18.0 Å². The smallest absolute Gasteiger partial charge is 0.331 e. The summed E-state index contributed by atoms with van der Waals surface area (Å²) in [6.07, 6.45) is 2.08. The maximum absolute atomic E-state index is 12.1. The van der Waals surface area contributed by atoms with Crippen LogP contribution in [-0.2, 0) is 14.3 Å².